The molecule has 2 saturated heterocycles. The van der Waals surface area contributed by atoms with Crippen molar-refractivity contribution in [3.05, 3.63) is 52.5 Å². The Bertz CT molecular complexity index is 1280. The molecule has 0 saturated carbocycles. The second-order valence-electron chi connectivity index (χ2n) is 10.5. The highest BCUT2D eigenvalue weighted by molar-refractivity contribution is 6.00. The van der Waals surface area contributed by atoms with Crippen molar-refractivity contribution in [1.29, 1.82) is 0 Å². The van der Waals surface area contributed by atoms with Crippen LogP contribution in [0.5, 0.6) is 5.88 Å². The number of carbonyl (C=O) groups excluding carboxylic acids is 2. The van der Waals surface area contributed by atoms with Crippen molar-refractivity contribution in [1.82, 2.24) is 14.9 Å². The van der Waals surface area contributed by atoms with Gasteiger partial charge in [-0.3, -0.25) is 14.4 Å². The van der Waals surface area contributed by atoms with Crippen molar-refractivity contribution in [2.45, 2.75) is 69.9 Å². The van der Waals surface area contributed by atoms with Crippen LogP contribution in [0.2, 0.25) is 0 Å². The molecule has 4 aliphatic rings. The van der Waals surface area contributed by atoms with E-state index < -0.39 is 23.9 Å². The van der Waals surface area contributed by atoms with E-state index in [-0.39, 0.29) is 30.1 Å². The third-order valence-corrected chi connectivity index (χ3v) is 7.75. The number of halogens is 1. The molecule has 4 atom stereocenters. The van der Waals surface area contributed by atoms with Crippen molar-refractivity contribution < 1.29 is 28.7 Å². The molecule has 2 amide bonds. The third-order valence-electron chi connectivity index (χ3n) is 7.75. The number of aromatic nitrogens is 1. The predicted octanol–water partition coefficient (Wildman–Crippen LogP) is 2.57. The van der Waals surface area contributed by atoms with Crippen LogP contribution in [0.4, 0.5) is 10.1 Å². The number of benzene rings is 1. The number of fused-ring (bicyclic) bond motifs is 3. The van der Waals surface area contributed by atoms with Crippen LogP contribution in [0.25, 0.3) is 0 Å². The molecular weight excluding hydrogens is 467 g/mol. The van der Waals surface area contributed by atoms with E-state index in [1.54, 1.807) is 12.1 Å². The van der Waals surface area contributed by atoms with E-state index >= 15 is 4.39 Å². The number of pyridine rings is 1. The first kappa shape index (κ1) is 23.3. The Hall–Kier alpha value is -3.08. The number of amides is 2. The molecule has 2 aromatic rings. The highest BCUT2D eigenvalue weighted by Gasteiger charge is 2.75. The van der Waals surface area contributed by atoms with Gasteiger partial charge in [0.05, 0.1) is 12.3 Å². The summed E-state index contributed by atoms with van der Waals surface area (Å²) in [6.07, 6.45) is 1.34. The van der Waals surface area contributed by atoms with E-state index in [9.17, 15) is 14.7 Å². The molecular formula is C26H29FN4O5. The topological polar surface area (TPSA) is 107 Å². The lowest BCUT2D eigenvalue weighted by Gasteiger charge is -2.38. The lowest BCUT2D eigenvalue weighted by molar-refractivity contribution is -0.151. The van der Waals surface area contributed by atoms with E-state index in [1.807, 2.05) is 26.8 Å². The van der Waals surface area contributed by atoms with Gasteiger partial charge in [-0.25, -0.2) is 9.37 Å². The molecule has 0 radical (unpaired) electrons. The molecule has 1 aromatic carbocycles. The Labute approximate surface area is 208 Å². The van der Waals surface area contributed by atoms with Crippen molar-refractivity contribution in [2.24, 2.45) is 0 Å². The van der Waals surface area contributed by atoms with Crippen LogP contribution < -0.4 is 10.1 Å². The van der Waals surface area contributed by atoms with E-state index in [0.717, 1.165) is 18.4 Å². The number of hydrogen-bond acceptors (Lipinski definition) is 7. The zero-order valence-electron chi connectivity index (χ0n) is 20.5. The Morgan fingerprint density at radius 1 is 1.31 bits per heavy atom. The summed E-state index contributed by atoms with van der Waals surface area (Å²) >= 11 is 0. The summed E-state index contributed by atoms with van der Waals surface area (Å²) in [5.41, 5.74) is 1.74. The second kappa shape index (κ2) is 7.96. The van der Waals surface area contributed by atoms with Crippen LogP contribution >= 0.6 is 0 Å². The second-order valence-corrected chi connectivity index (χ2v) is 10.5. The molecule has 3 aliphatic heterocycles. The maximum atomic E-state index is 15.1. The van der Waals surface area contributed by atoms with Gasteiger partial charge in [-0.2, -0.15) is 0 Å². The fourth-order valence-electron chi connectivity index (χ4n) is 5.90. The van der Waals surface area contributed by atoms with Crippen LogP contribution in [0.3, 0.4) is 0 Å². The number of hydrogen-bond donors (Lipinski definition) is 2. The van der Waals surface area contributed by atoms with Gasteiger partial charge in [-0.05, 0) is 54.5 Å². The molecule has 190 valence electrons. The zero-order valence-corrected chi connectivity index (χ0v) is 20.5. The van der Waals surface area contributed by atoms with Crippen LogP contribution in [-0.2, 0) is 32.7 Å². The molecule has 2 N–H and O–H groups in total. The molecule has 1 aromatic heterocycles. The Morgan fingerprint density at radius 3 is 2.81 bits per heavy atom. The van der Waals surface area contributed by atoms with Crippen molar-refractivity contribution >= 4 is 17.5 Å². The summed E-state index contributed by atoms with van der Waals surface area (Å²) in [6.45, 7) is 6.61. The van der Waals surface area contributed by atoms with Crippen LogP contribution in [0, 0.1) is 5.82 Å². The van der Waals surface area contributed by atoms with Gasteiger partial charge in [0, 0.05) is 36.7 Å². The Balaban J connectivity index is 1.33. The summed E-state index contributed by atoms with van der Waals surface area (Å²) in [6, 6.07) is 5.61. The molecule has 2 fully saturated rings. The SMILES string of the molecule is CCOc1ccc2c(n1)CCN(C(=O)C13CC(O)N1O3)C2C(=O)Nc1cc(F)c2c(c1)CCC2(C)C. The van der Waals surface area contributed by atoms with E-state index in [4.69, 9.17) is 9.57 Å². The van der Waals surface area contributed by atoms with Crippen LogP contribution in [0.1, 0.15) is 62.0 Å². The number of nitrogens with one attached hydrogen (secondary N) is 1. The fourth-order valence-corrected chi connectivity index (χ4v) is 5.90. The quantitative estimate of drug-likeness (QED) is 0.613. The minimum Gasteiger partial charge on any atom is -0.478 e. The van der Waals surface area contributed by atoms with Crippen LogP contribution in [-0.4, -0.2) is 57.0 Å². The van der Waals surface area contributed by atoms with Gasteiger partial charge < -0.3 is 20.1 Å². The average molecular weight is 497 g/mol. The van der Waals surface area contributed by atoms with Gasteiger partial charge in [0.2, 0.25) is 11.6 Å². The van der Waals surface area contributed by atoms with Gasteiger partial charge in [0.25, 0.3) is 11.8 Å². The third kappa shape index (κ3) is 3.42. The average Bonchev–Trinajstić information content (AvgIpc) is 3.35. The fraction of sp³-hybridized carbons (Fsp3) is 0.500. The number of anilines is 1. The number of ether oxygens (including phenoxy) is 1. The number of aliphatic hydroxyl groups excluding tert-OH is 1. The molecule has 4 unspecified atom stereocenters. The monoisotopic (exact) mass is 496 g/mol. The molecule has 4 heterocycles. The van der Waals surface area contributed by atoms with Gasteiger partial charge >= 0.3 is 0 Å². The standard InChI is InChI=1S/C26H29FN4O5/c1-4-35-19-6-5-16-18(29-19)8-10-30(24(34)26-13-20(32)31(26)36-26)22(16)23(33)28-15-11-14-7-9-25(2,3)21(14)17(27)12-15/h5-6,11-12,20,22,32H,4,7-10,13H2,1-3H3,(H,28,33). The number of carbonyl (C=O) groups is 2. The molecule has 6 rings (SSSR count). The summed E-state index contributed by atoms with van der Waals surface area (Å²) in [5.74, 6) is -0.727. The van der Waals surface area contributed by atoms with Crippen molar-refractivity contribution in [3.8, 4) is 5.88 Å². The first-order chi connectivity index (χ1) is 17.1. The maximum Gasteiger partial charge on any atom is 0.275 e. The first-order valence-electron chi connectivity index (χ1n) is 12.4. The van der Waals surface area contributed by atoms with E-state index in [0.29, 0.717) is 41.4 Å². The van der Waals surface area contributed by atoms with Gasteiger partial charge in [0.15, 0.2) is 0 Å². The highest BCUT2D eigenvalue weighted by atomic mass is 19.1. The summed E-state index contributed by atoms with van der Waals surface area (Å²) in [5, 5.41) is 13.9. The molecule has 0 bridgehead atoms. The summed E-state index contributed by atoms with van der Waals surface area (Å²) in [7, 11) is 0. The van der Waals surface area contributed by atoms with E-state index in [1.165, 1.54) is 16.0 Å². The Morgan fingerprint density at radius 2 is 2.11 bits per heavy atom. The van der Waals surface area contributed by atoms with Crippen LogP contribution in [0.15, 0.2) is 24.3 Å². The highest BCUT2D eigenvalue weighted by Crippen LogP contribution is 2.53. The summed E-state index contributed by atoms with van der Waals surface area (Å²) in [4.78, 5) is 38.6. The minimum atomic E-state index is -1.21. The lowest BCUT2D eigenvalue weighted by Crippen LogP contribution is -2.57. The zero-order chi connectivity index (χ0) is 25.4. The largest absolute Gasteiger partial charge is 0.478 e. The van der Waals surface area contributed by atoms with Gasteiger partial charge in [-0.15, -0.1) is 5.06 Å². The van der Waals surface area contributed by atoms with Gasteiger partial charge in [-0.1, -0.05) is 13.8 Å². The molecule has 9 nitrogen and oxygen atoms in total. The first-order valence-corrected chi connectivity index (χ1v) is 12.4. The molecule has 36 heavy (non-hydrogen) atoms. The molecule has 1 aliphatic carbocycles. The normalized spacial score (nSPS) is 28.9. The number of hydroxylamine groups is 2. The Kier molecular flexibility index (Phi) is 5.16. The molecule has 0 spiro atoms. The summed E-state index contributed by atoms with van der Waals surface area (Å²) < 4.78 is 20.6. The number of nitrogens with zero attached hydrogens (tertiary/aromatic N) is 3. The predicted molar refractivity (Wildman–Crippen MR) is 126 cm³/mol. The molecule has 10 heteroatoms. The van der Waals surface area contributed by atoms with E-state index in [2.05, 4.69) is 10.3 Å². The maximum absolute atomic E-state index is 15.1. The van der Waals surface area contributed by atoms with Crippen molar-refractivity contribution in [2.75, 3.05) is 18.5 Å². The van der Waals surface area contributed by atoms with Gasteiger partial charge in [0.1, 0.15) is 18.1 Å². The number of rotatable bonds is 5. The van der Waals surface area contributed by atoms with Crippen molar-refractivity contribution in [3.63, 3.8) is 0 Å². The number of aryl methyl sites for hydroxylation is 1. The number of aliphatic hydroxyl groups is 1. The minimum absolute atomic E-state index is 0.150. The smallest absolute Gasteiger partial charge is 0.275 e. The lowest BCUT2D eigenvalue weighted by atomic mass is 9.86.